The first-order chi connectivity index (χ1) is 11.7. The second-order valence-corrected chi connectivity index (χ2v) is 6.03. The van der Waals surface area contributed by atoms with E-state index in [4.69, 9.17) is 16.3 Å². The Kier molecular flexibility index (Phi) is 9.15. The summed E-state index contributed by atoms with van der Waals surface area (Å²) >= 11 is 5.98. The Morgan fingerprint density at radius 1 is 1.31 bits per heavy atom. The molecule has 2 aromatic heterocycles. The van der Waals surface area contributed by atoms with Crippen molar-refractivity contribution in [1.82, 2.24) is 25.4 Å². The second-order valence-electron chi connectivity index (χ2n) is 5.63. The summed E-state index contributed by atoms with van der Waals surface area (Å²) in [6.07, 6.45) is 6.56. The zero-order chi connectivity index (χ0) is 16.8. The molecule has 0 spiro atoms. The number of rotatable bonds is 6. The largest absolute Gasteiger partial charge is 0.475 e. The van der Waals surface area contributed by atoms with Crippen molar-refractivity contribution in [2.45, 2.75) is 18.4 Å². The van der Waals surface area contributed by atoms with Gasteiger partial charge in [0.25, 0.3) is 0 Å². The molecule has 1 saturated heterocycles. The highest BCUT2D eigenvalue weighted by molar-refractivity contribution is 6.31. The first-order valence-corrected chi connectivity index (χ1v) is 8.33. The van der Waals surface area contributed by atoms with Gasteiger partial charge in [0.1, 0.15) is 17.2 Å². The average Bonchev–Trinajstić information content (AvgIpc) is 3.15. The monoisotopic (exact) mass is 421 g/mol. The number of nitrogens with zero attached hydrogens (tertiary/aromatic N) is 3. The Morgan fingerprint density at radius 2 is 2.08 bits per heavy atom. The van der Waals surface area contributed by atoms with E-state index >= 15 is 0 Å². The predicted octanol–water partition coefficient (Wildman–Crippen LogP) is 2.05. The Labute approximate surface area is 169 Å². The smallest absolute Gasteiger partial charge is 0.248 e. The van der Waals surface area contributed by atoms with E-state index in [1.54, 1.807) is 29.2 Å². The van der Waals surface area contributed by atoms with E-state index in [1.807, 2.05) is 12.3 Å². The molecule has 0 atom stereocenters. The summed E-state index contributed by atoms with van der Waals surface area (Å²) in [7, 11) is 0. The number of carbonyl (C=O) groups is 1. The maximum atomic E-state index is 12.8. The zero-order valence-corrected chi connectivity index (χ0v) is 16.4. The van der Waals surface area contributed by atoms with Crippen LogP contribution in [-0.2, 0) is 10.3 Å². The molecule has 3 rings (SSSR count). The fourth-order valence-corrected chi connectivity index (χ4v) is 3.05. The molecule has 0 aromatic carbocycles. The number of piperidine rings is 1. The Morgan fingerprint density at radius 3 is 2.73 bits per heavy atom. The van der Waals surface area contributed by atoms with Crippen LogP contribution in [0.15, 0.2) is 36.8 Å². The van der Waals surface area contributed by atoms with E-state index in [1.165, 1.54) is 0 Å². The van der Waals surface area contributed by atoms with Crippen molar-refractivity contribution >= 4 is 42.3 Å². The van der Waals surface area contributed by atoms with Crippen LogP contribution in [0, 0.1) is 0 Å². The van der Waals surface area contributed by atoms with Crippen LogP contribution in [0.2, 0.25) is 5.02 Å². The molecule has 0 aliphatic carbocycles. The van der Waals surface area contributed by atoms with Crippen molar-refractivity contribution in [2.75, 3.05) is 26.2 Å². The summed E-state index contributed by atoms with van der Waals surface area (Å²) in [5.74, 6) is 0.334. The van der Waals surface area contributed by atoms with Gasteiger partial charge in [0, 0.05) is 18.6 Å². The summed E-state index contributed by atoms with van der Waals surface area (Å²) in [5.41, 5.74) is -0.641. The molecule has 10 heteroatoms. The van der Waals surface area contributed by atoms with Crippen molar-refractivity contribution in [3.05, 3.63) is 41.8 Å². The number of amides is 1. The van der Waals surface area contributed by atoms with Crippen molar-refractivity contribution in [1.29, 1.82) is 0 Å². The lowest BCUT2D eigenvalue weighted by Crippen LogP contribution is -2.55. The van der Waals surface area contributed by atoms with Crippen molar-refractivity contribution < 1.29 is 9.53 Å². The lowest BCUT2D eigenvalue weighted by Gasteiger charge is -2.36. The molecule has 2 N–H and O–H groups in total. The average molecular weight is 423 g/mol. The van der Waals surface area contributed by atoms with Crippen molar-refractivity contribution in [3.8, 4) is 5.88 Å². The zero-order valence-electron chi connectivity index (χ0n) is 14.1. The molecule has 3 heterocycles. The minimum Gasteiger partial charge on any atom is -0.475 e. The van der Waals surface area contributed by atoms with Crippen molar-refractivity contribution in [2.24, 2.45) is 0 Å². The molecule has 26 heavy (non-hydrogen) atoms. The molecule has 144 valence electrons. The van der Waals surface area contributed by atoms with Crippen LogP contribution in [0.1, 0.15) is 12.8 Å². The van der Waals surface area contributed by atoms with Gasteiger partial charge in [0.15, 0.2) is 0 Å². The molecular weight excluding hydrogens is 401 g/mol. The van der Waals surface area contributed by atoms with Crippen LogP contribution < -0.4 is 15.4 Å². The third kappa shape index (κ3) is 5.01. The lowest BCUT2D eigenvalue weighted by molar-refractivity contribution is -0.132. The molecule has 1 aliphatic heterocycles. The fraction of sp³-hybridized carbons (Fsp3) is 0.438. The van der Waals surface area contributed by atoms with Crippen molar-refractivity contribution in [3.63, 3.8) is 0 Å². The third-order valence-electron chi connectivity index (χ3n) is 4.15. The molecule has 1 amide bonds. The summed E-state index contributed by atoms with van der Waals surface area (Å²) in [6.45, 7) is 2.25. The highest BCUT2D eigenvalue weighted by atomic mass is 35.5. The fourth-order valence-electron chi connectivity index (χ4n) is 2.88. The Hall–Kier alpha value is -1.54. The summed E-state index contributed by atoms with van der Waals surface area (Å²) in [6, 6.07) is 5.29. The third-order valence-corrected chi connectivity index (χ3v) is 4.44. The van der Waals surface area contributed by atoms with Gasteiger partial charge in [-0.1, -0.05) is 11.6 Å². The van der Waals surface area contributed by atoms with Gasteiger partial charge in [0.05, 0.1) is 6.54 Å². The Balaban J connectivity index is 0.00000169. The van der Waals surface area contributed by atoms with Gasteiger partial charge in [-0.2, -0.15) is 5.10 Å². The van der Waals surface area contributed by atoms with Crippen LogP contribution in [0.5, 0.6) is 5.88 Å². The minimum absolute atomic E-state index is 0. The van der Waals surface area contributed by atoms with Gasteiger partial charge >= 0.3 is 0 Å². The molecule has 2 aromatic rings. The molecule has 0 bridgehead atoms. The van der Waals surface area contributed by atoms with Crippen LogP contribution >= 0.6 is 36.4 Å². The maximum Gasteiger partial charge on any atom is 0.248 e. The van der Waals surface area contributed by atoms with Gasteiger partial charge in [-0.3, -0.25) is 9.48 Å². The van der Waals surface area contributed by atoms with E-state index in [0.717, 1.165) is 13.1 Å². The highest BCUT2D eigenvalue weighted by Crippen LogP contribution is 2.27. The topological polar surface area (TPSA) is 81.1 Å². The van der Waals surface area contributed by atoms with Crippen LogP contribution in [0.25, 0.3) is 0 Å². The van der Waals surface area contributed by atoms with Crippen LogP contribution in [0.3, 0.4) is 0 Å². The van der Waals surface area contributed by atoms with Gasteiger partial charge in [-0.15, -0.1) is 24.8 Å². The van der Waals surface area contributed by atoms with Gasteiger partial charge < -0.3 is 15.4 Å². The second kappa shape index (κ2) is 10.6. The first-order valence-electron chi connectivity index (χ1n) is 7.95. The van der Waals surface area contributed by atoms with E-state index < -0.39 is 5.54 Å². The Bertz CT molecular complexity index is 678. The van der Waals surface area contributed by atoms with Gasteiger partial charge in [-0.05, 0) is 44.1 Å². The minimum atomic E-state index is -0.641. The summed E-state index contributed by atoms with van der Waals surface area (Å²) in [4.78, 5) is 16.8. The molecule has 1 aliphatic rings. The summed E-state index contributed by atoms with van der Waals surface area (Å²) < 4.78 is 7.27. The molecule has 1 fully saturated rings. The molecule has 0 unspecified atom stereocenters. The van der Waals surface area contributed by atoms with E-state index in [2.05, 4.69) is 20.7 Å². The number of aromatic nitrogens is 3. The van der Waals surface area contributed by atoms with E-state index in [0.29, 0.717) is 36.9 Å². The quantitative estimate of drug-likeness (QED) is 0.696. The van der Waals surface area contributed by atoms with E-state index in [-0.39, 0.29) is 30.7 Å². The number of halogens is 3. The summed E-state index contributed by atoms with van der Waals surface area (Å²) in [5, 5.41) is 11.0. The van der Waals surface area contributed by atoms with E-state index in [9.17, 15) is 4.79 Å². The standard InChI is InChI=1S/C16H20ClN5O2.2ClH/c17-13-3-1-6-19-14(13)24-12-10-20-15(23)16(4-8-18-9-5-16)22-11-2-7-21-22;;/h1-3,6-7,11,18H,4-5,8-10,12H2,(H,20,23);2*1H. The van der Waals surface area contributed by atoms with Crippen LogP contribution in [-0.4, -0.2) is 46.9 Å². The lowest BCUT2D eigenvalue weighted by atomic mass is 9.87. The number of nitrogens with one attached hydrogen (secondary N) is 2. The SMILES string of the molecule is Cl.Cl.O=C(NCCOc1ncccc1Cl)C1(n2cccn2)CCNCC1. The number of pyridine rings is 1. The van der Waals surface area contributed by atoms with Gasteiger partial charge in [0.2, 0.25) is 11.8 Å². The number of hydrogen-bond acceptors (Lipinski definition) is 5. The number of hydrogen-bond donors (Lipinski definition) is 2. The first kappa shape index (κ1) is 22.5. The highest BCUT2D eigenvalue weighted by Gasteiger charge is 2.41. The number of ether oxygens (including phenoxy) is 1. The molecule has 0 radical (unpaired) electrons. The molecular formula is C16H22Cl3N5O2. The maximum absolute atomic E-state index is 12.8. The van der Waals surface area contributed by atoms with Gasteiger partial charge in [-0.25, -0.2) is 4.98 Å². The molecule has 0 saturated carbocycles. The normalized spacial score (nSPS) is 15.3. The number of carbonyl (C=O) groups excluding carboxylic acids is 1. The van der Waals surface area contributed by atoms with Crippen LogP contribution in [0.4, 0.5) is 0 Å². The predicted molar refractivity (Wildman–Crippen MR) is 105 cm³/mol. The molecule has 7 nitrogen and oxygen atoms in total.